The number of ether oxygens (including phenoxy) is 1. The van der Waals surface area contributed by atoms with Gasteiger partial charge in [-0.2, -0.15) is 0 Å². The number of carbonyl (C=O) groups excluding carboxylic acids is 1. The van der Waals surface area contributed by atoms with Gasteiger partial charge in [0.05, 0.1) is 18.3 Å². The molecule has 1 amide bonds. The summed E-state index contributed by atoms with van der Waals surface area (Å²) in [4.78, 5) is 14.8. The van der Waals surface area contributed by atoms with E-state index in [0.29, 0.717) is 18.3 Å². The third-order valence-electron chi connectivity index (χ3n) is 5.57. The fourth-order valence-electron chi connectivity index (χ4n) is 3.93. The number of nitrogens with one attached hydrogen (secondary N) is 1. The van der Waals surface area contributed by atoms with Crippen molar-refractivity contribution in [1.82, 2.24) is 15.4 Å². The van der Waals surface area contributed by atoms with Gasteiger partial charge in [-0.05, 0) is 56.5 Å². The summed E-state index contributed by atoms with van der Waals surface area (Å²) in [5.41, 5.74) is 2.16. The fraction of sp³-hybridized carbons (Fsp3) is 0.524. The highest BCUT2D eigenvalue weighted by atomic mass is 35.5. The molecule has 28 heavy (non-hydrogen) atoms. The SMILES string of the molecule is O=C(NC1CCCOC1)c1cc(C2CCN(Cc3ccc(Cl)cc3)CC2)no1. The molecule has 4 rings (SSSR count). The van der Waals surface area contributed by atoms with Gasteiger partial charge in [0.2, 0.25) is 5.76 Å². The molecule has 3 heterocycles. The second-order valence-corrected chi connectivity index (χ2v) is 8.12. The van der Waals surface area contributed by atoms with E-state index in [1.165, 1.54) is 5.56 Å². The van der Waals surface area contributed by atoms with Crippen molar-refractivity contribution in [1.29, 1.82) is 0 Å². The number of halogens is 1. The molecule has 6 nitrogen and oxygen atoms in total. The zero-order valence-corrected chi connectivity index (χ0v) is 16.7. The highest BCUT2D eigenvalue weighted by Gasteiger charge is 2.26. The van der Waals surface area contributed by atoms with Crippen LogP contribution in [0.3, 0.4) is 0 Å². The molecule has 0 radical (unpaired) electrons. The van der Waals surface area contributed by atoms with Gasteiger partial charge < -0.3 is 14.6 Å². The summed E-state index contributed by atoms with van der Waals surface area (Å²) in [6, 6.07) is 9.89. The van der Waals surface area contributed by atoms with Gasteiger partial charge in [-0.3, -0.25) is 9.69 Å². The number of benzene rings is 1. The minimum Gasteiger partial charge on any atom is -0.379 e. The zero-order chi connectivity index (χ0) is 19.3. The van der Waals surface area contributed by atoms with E-state index < -0.39 is 0 Å². The first-order valence-corrected chi connectivity index (χ1v) is 10.4. The summed E-state index contributed by atoms with van der Waals surface area (Å²) in [6.07, 6.45) is 3.94. The maximum Gasteiger partial charge on any atom is 0.290 e. The third-order valence-corrected chi connectivity index (χ3v) is 5.82. The Balaban J connectivity index is 1.27. The fourth-order valence-corrected chi connectivity index (χ4v) is 4.06. The maximum absolute atomic E-state index is 12.4. The Morgan fingerprint density at radius 2 is 2.00 bits per heavy atom. The van der Waals surface area contributed by atoms with Crippen molar-refractivity contribution in [3.05, 3.63) is 52.4 Å². The molecule has 7 heteroatoms. The Kier molecular flexibility index (Phi) is 6.29. The quantitative estimate of drug-likeness (QED) is 0.825. The molecule has 0 aliphatic carbocycles. The Morgan fingerprint density at radius 3 is 2.71 bits per heavy atom. The summed E-state index contributed by atoms with van der Waals surface area (Å²) in [5, 5.41) is 7.91. The molecule has 1 aromatic heterocycles. The van der Waals surface area contributed by atoms with Crippen LogP contribution in [0.25, 0.3) is 0 Å². The number of hydrogen-bond acceptors (Lipinski definition) is 5. The molecule has 2 aromatic rings. The van der Waals surface area contributed by atoms with Gasteiger partial charge in [0, 0.05) is 30.2 Å². The van der Waals surface area contributed by atoms with Gasteiger partial charge in [-0.1, -0.05) is 28.9 Å². The highest BCUT2D eigenvalue weighted by molar-refractivity contribution is 6.30. The number of rotatable bonds is 5. The van der Waals surface area contributed by atoms with Crippen LogP contribution >= 0.6 is 11.6 Å². The second-order valence-electron chi connectivity index (χ2n) is 7.68. The molecule has 2 aliphatic rings. The molecule has 2 fully saturated rings. The van der Waals surface area contributed by atoms with Gasteiger partial charge in [0.15, 0.2) is 0 Å². The average molecular weight is 404 g/mol. The van der Waals surface area contributed by atoms with Crippen LogP contribution in [0.5, 0.6) is 0 Å². The normalized spacial score (nSPS) is 21.5. The van der Waals surface area contributed by atoms with Crippen molar-refractivity contribution in [2.75, 3.05) is 26.3 Å². The third kappa shape index (κ3) is 4.93. The van der Waals surface area contributed by atoms with Crippen molar-refractivity contribution >= 4 is 17.5 Å². The van der Waals surface area contributed by atoms with E-state index in [-0.39, 0.29) is 11.9 Å². The number of piperidine rings is 1. The lowest BCUT2D eigenvalue weighted by Gasteiger charge is -2.31. The van der Waals surface area contributed by atoms with Crippen LogP contribution in [0, 0.1) is 0 Å². The van der Waals surface area contributed by atoms with Crippen molar-refractivity contribution in [2.24, 2.45) is 0 Å². The van der Waals surface area contributed by atoms with Crippen LogP contribution in [0.15, 0.2) is 34.9 Å². The average Bonchev–Trinajstić information content (AvgIpc) is 3.22. The van der Waals surface area contributed by atoms with Gasteiger partial charge >= 0.3 is 0 Å². The predicted octanol–water partition coefficient (Wildman–Crippen LogP) is 3.62. The number of carbonyl (C=O) groups is 1. The topological polar surface area (TPSA) is 67.6 Å². The van der Waals surface area contributed by atoms with Crippen LogP contribution in [0.4, 0.5) is 0 Å². The summed E-state index contributed by atoms with van der Waals surface area (Å²) >= 11 is 5.96. The van der Waals surface area contributed by atoms with Crippen molar-refractivity contribution in [3.8, 4) is 0 Å². The smallest absolute Gasteiger partial charge is 0.290 e. The van der Waals surface area contributed by atoms with Crippen molar-refractivity contribution < 1.29 is 14.1 Å². The first kappa shape index (κ1) is 19.4. The molecule has 0 spiro atoms. The predicted molar refractivity (Wildman–Crippen MR) is 107 cm³/mol. The first-order valence-electron chi connectivity index (χ1n) is 9.99. The minimum atomic E-state index is -0.200. The number of likely N-dealkylation sites (tertiary alicyclic amines) is 1. The van der Waals surface area contributed by atoms with Gasteiger partial charge in [-0.15, -0.1) is 0 Å². The number of amides is 1. The van der Waals surface area contributed by atoms with Crippen LogP contribution in [-0.2, 0) is 11.3 Å². The van der Waals surface area contributed by atoms with E-state index in [9.17, 15) is 4.79 Å². The minimum absolute atomic E-state index is 0.0610. The largest absolute Gasteiger partial charge is 0.379 e. The van der Waals surface area contributed by atoms with Crippen LogP contribution in [0.1, 0.15) is 53.4 Å². The molecule has 1 aromatic carbocycles. The maximum atomic E-state index is 12.4. The summed E-state index contributed by atoms with van der Waals surface area (Å²) in [5.74, 6) is 0.434. The van der Waals surface area contributed by atoms with Crippen LogP contribution < -0.4 is 5.32 Å². The summed E-state index contributed by atoms with van der Waals surface area (Å²) in [7, 11) is 0. The first-order chi connectivity index (χ1) is 13.7. The van der Waals surface area contributed by atoms with E-state index in [1.807, 2.05) is 12.1 Å². The monoisotopic (exact) mass is 403 g/mol. The molecular formula is C21H26ClN3O3. The lowest BCUT2D eigenvalue weighted by Crippen LogP contribution is -2.40. The molecule has 2 aliphatic heterocycles. The molecule has 2 saturated heterocycles. The van der Waals surface area contributed by atoms with Crippen molar-refractivity contribution in [3.63, 3.8) is 0 Å². The molecule has 0 saturated carbocycles. The van der Waals surface area contributed by atoms with Gasteiger partial charge in [-0.25, -0.2) is 0 Å². The lowest BCUT2D eigenvalue weighted by molar-refractivity contribution is 0.0608. The van der Waals surface area contributed by atoms with E-state index in [1.54, 1.807) is 6.07 Å². The highest BCUT2D eigenvalue weighted by Crippen LogP contribution is 2.28. The van der Waals surface area contributed by atoms with Gasteiger partial charge in [0.25, 0.3) is 5.91 Å². The number of hydrogen-bond donors (Lipinski definition) is 1. The molecular weight excluding hydrogens is 378 g/mol. The van der Waals surface area contributed by atoms with Crippen molar-refractivity contribution in [2.45, 2.75) is 44.2 Å². The summed E-state index contributed by atoms with van der Waals surface area (Å²) in [6.45, 7) is 4.27. The Labute approximate surface area is 170 Å². The van der Waals surface area contributed by atoms with Crippen LogP contribution in [-0.4, -0.2) is 48.3 Å². The Hall–Kier alpha value is -1.89. The number of aromatic nitrogens is 1. The van der Waals surface area contributed by atoms with E-state index >= 15 is 0 Å². The zero-order valence-electron chi connectivity index (χ0n) is 15.9. The Bertz CT molecular complexity index is 778. The molecule has 1 N–H and O–H groups in total. The summed E-state index contributed by atoms with van der Waals surface area (Å²) < 4.78 is 10.7. The molecule has 150 valence electrons. The van der Waals surface area contributed by atoms with E-state index in [2.05, 4.69) is 27.5 Å². The Morgan fingerprint density at radius 1 is 1.21 bits per heavy atom. The van der Waals surface area contributed by atoms with E-state index in [4.69, 9.17) is 20.9 Å². The standard InChI is InChI=1S/C21H26ClN3O3/c22-17-5-3-15(4-6-17)13-25-9-7-16(8-10-25)19-12-20(28-24-19)21(26)23-18-2-1-11-27-14-18/h3-6,12,16,18H,1-2,7-11,13-14H2,(H,23,26). The second kappa shape index (κ2) is 9.07. The molecule has 1 atom stereocenters. The van der Waals surface area contributed by atoms with Crippen LogP contribution in [0.2, 0.25) is 5.02 Å². The lowest BCUT2D eigenvalue weighted by atomic mass is 9.93. The number of nitrogens with zero attached hydrogens (tertiary/aromatic N) is 2. The van der Waals surface area contributed by atoms with Gasteiger partial charge in [0.1, 0.15) is 0 Å². The molecule has 0 bridgehead atoms. The molecule has 1 unspecified atom stereocenters. The van der Waals surface area contributed by atoms with E-state index in [0.717, 1.165) is 62.6 Å².